The zero-order valence-electron chi connectivity index (χ0n) is 6.79. The number of halogens is 1. The molecular weight excluding hydrogens is 265 g/mol. The standard InChI is InChI=1S/C8H10IN3/c1-3-4-7(10)6-5-11-12(2)8(6)9/h1,5,7H,4,10H2,2H3. The molecule has 0 bridgehead atoms. The van der Waals surface area contributed by atoms with Crippen molar-refractivity contribution in [3.05, 3.63) is 15.5 Å². The quantitative estimate of drug-likeness (QED) is 0.647. The minimum Gasteiger partial charge on any atom is -0.323 e. The minimum absolute atomic E-state index is 0.0874. The molecule has 1 rings (SSSR count). The molecule has 0 saturated heterocycles. The van der Waals surface area contributed by atoms with Crippen molar-refractivity contribution in [1.29, 1.82) is 0 Å². The summed E-state index contributed by atoms with van der Waals surface area (Å²) in [5.41, 5.74) is 6.84. The molecule has 0 aromatic carbocycles. The normalized spacial score (nSPS) is 12.5. The Labute approximate surface area is 85.5 Å². The van der Waals surface area contributed by atoms with Crippen molar-refractivity contribution in [3.8, 4) is 12.3 Å². The highest BCUT2D eigenvalue weighted by Gasteiger charge is 2.11. The first-order valence-corrected chi connectivity index (χ1v) is 4.61. The third-order valence-corrected chi connectivity index (χ3v) is 2.95. The smallest absolute Gasteiger partial charge is 0.103 e. The van der Waals surface area contributed by atoms with Crippen LogP contribution in [0, 0.1) is 16.0 Å². The van der Waals surface area contributed by atoms with E-state index in [1.807, 2.05) is 7.05 Å². The van der Waals surface area contributed by atoms with Gasteiger partial charge in [-0.3, -0.25) is 4.68 Å². The average molecular weight is 275 g/mol. The van der Waals surface area contributed by atoms with E-state index in [4.69, 9.17) is 12.2 Å². The van der Waals surface area contributed by atoms with Gasteiger partial charge in [-0.2, -0.15) is 5.10 Å². The average Bonchev–Trinajstić information content (AvgIpc) is 2.34. The van der Waals surface area contributed by atoms with E-state index in [9.17, 15) is 0 Å². The van der Waals surface area contributed by atoms with E-state index >= 15 is 0 Å². The van der Waals surface area contributed by atoms with Gasteiger partial charge in [0.2, 0.25) is 0 Å². The molecule has 0 aliphatic rings. The van der Waals surface area contributed by atoms with Crippen LogP contribution in [0.25, 0.3) is 0 Å². The Morgan fingerprint density at radius 2 is 2.58 bits per heavy atom. The minimum atomic E-state index is -0.0874. The van der Waals surface area contributed by atoms with Crippen LogP contribution in [0.15, 0.2) is 6.20 Å². The van der Waals surface area contributed by atoms with Crippen molar-refractivity contribution in [3.63, 3.8) is 0 Å². The highest BCUT2D eigenvalue weighted by atomic mass is 127. The van der Waals surface area contributed by atoms with E-state index < -0.39 is 0 Å². The highest BCUT2D eigenvalue weighted by Crippen LogP contribution is 2.18. The van der Waals surface area contributed by atoms with Crippen LogP contribution in [0.1, 0.15) is 18.0 Å². The monoisotopic (exact) mass is 275 g/mol. The fourth-order valence-corrected chi connectivity index (χ4v) is 1.59. The number of aryl methyl sites for hydroxylation is 1. The van der Waals surface area contributed by atoms with Gasteiger partial charge in [-0.25, -0.2) is 0 Å². The van der Waals surface area contributed by atoms with E-state index in [2.05, 4.69) is 33.6 Å². The number of aromatic nitrogens is 2. The number of nitrogens with two attached hydrogens (primary N) is 1. The van der Waals surface area contributed by atoms with Crippen LogP contribution in [0.2, 0.25) is 0 Å². The molecule has 1 aromatic heterocycles. The molecule has 3 nitrogen and oxygen atoms in total. The van der Waals surface area contributed by atoms with Crippen molar-refractivity contribution in [2.45, 2.75) is 12.5 Å². The summed E-state index contributed by atoms with van der Waals surface area (Å²) < 4.78 is 2.84. The molecule has 0 aliphatic heterocycles. The predicted octanol–water partition coefficient (Wildman–Crippen LogP) is 1.05. The van der Waals surface area contributed by atoms with Gasteiger partial charge in [0.15, 0.2) is 0 Å². The largest absolute Gasteiger partial charge is 0.323 e. The zero-order valence-corrected chi connectivity index (χ0v) is 8.95. The molecule has 4 heteroatoms. The summed E-state index contributed by atoms with van der Waals surface area (Å²) in [7, 11) is 1.88. The SMILES string of the molecule is C#CCC(N)c1cnn(C)c1I. The second-order valence-corrected chi connectivity index (χ2v) is 3.55. The van der Waals surface area contributed by atoms with Gasteiger partial charge in [-0.15, -0.1) is 12.3 Å². The highest BCUT2D eigenvalue weighted by molar-refractivity contribution is 14.1. The molecule has 1 aromatic rings. The predicted molar refractivity (Wildman–Crippen MR) is 56.3 cm³/mol. The van der Waals surface area contributed by atoms with Crippen LogP contribution in [-0.4, -0.2) is 9.78 Å². The molecule has 0 amide bonds. The van der Waals surface area contributed by atoms with Crippen LogP contribution in [0.4, 0.5) is 0 Å². The Hall–Kier alpha value is -0.540. The van der Waals surface area contributed by atoms with Crippen LogP contribution < -0.4 is 5.73 Å². The van der Waals surface area contributed by atoms with Gasteiger partial charge in [-0.05, 0) is 22.6 Å². The van der Waals surface area contributed by atoms with Gasteiger partial charge in [0.1, 0.15) is 3.70 Å². The van der Waals surface area contributed by atoms with Gasteiger partial charge < -0.3 is 5.73 Å². The fraction of sp³-hybridized carbons (Fsp3) is 0.375. The van der Waals surface area contributed by atoms with Gasteiger partial charge in [0.05, 0.1) is 6.20 Å². The second kappa shape index (κ2) is 3.92. The topological polar surface area (TPSA) is 43.8 Å². The van der Waals surface area contributed by atoms with E-state index in [0.717, 1.165) is 9.26 Å². The summed E-state index contributed by atoms with van der Waals surface area (Å²) >= 11 is 2.21. The van der Waals surface area contributed by atoms with E-state index in [1.54, 1.807) is 10.9 Å². The van der Waals surface area contributed by atoms with Crippen LogP contribution >= 0.6 is 22.6 Å². The lowest BCUT2D eigenvalue weighted by atomic mass is 10.1. The Morgan fingerprint density at radius 3 is 3.00 bits per heavy atom. The Morgan fingerprint density at radius 1 is 1.92 bits per heavy atom. The number of hydrogen-bond acceptors (Lipinski definition) is 2. The number of terminal acetylenes is 1. The molecule has 0 aliphatic carbocycles. The summed E-state index contributed by atoms with van der Waals surface area (Å²) in [5, 5.41) is 4.08. The van der Waals surface area contributed by atoms with Crippen molar-refractivity contribution >= 4 is 22.6 Å². The van der Waals surface area contributed by atoms with Gasteiger partial charge in [-0.1, -0.05) is 0 Å². The molecule has 12 heavy (non-hydrogen) atoms. The summed E-state index contributed by atoms with van der Waals surface area (Å²) in [6.45, 7) is 0. The Balaban J connectivity index is 2.89. The number of hydrogen-bond donors (Lipinski definition) is 1. The molecule has 0 spiro atoms. The molecular formula is C8H10IN3. The van der Waals surface area contributed by atoms with Crippen LogP contribution in [0.3, 0.4) is 0 Å². The van der Waals surface area contributed by atoms with Gasteiger partial charge >= 0.3 is 0 Å². The molecule has 0 saturated carbocycles. The third kappa shape index (κ3) is 1.79. The second-order valence-electron chi connectivity index (χ2n) is 2.53. The molecule has 0 fully saturated rings. The van der Waals surface area contributed by atoms with Crippen molar-refractivity contribution in [2.24, 2.45) is 12.8 Å². The van der Waals surface area contributed by atoms with Crippen molar-refractivity contribution in [1.82, 2.24) is 9.78 Å². The summed E-state index contributed by atoms with van der Waals surface area (Å²) in [6.07, 6.45) is 7.49. The van der Waals surface area contributed by atoms with E-state index in [0.29, 0.717) is 6.42 Å². The first-order valence-electron chi connectivity index (χ1n) is 3.53. The maximum atomic E-state index is 5.82. The van der Waals surface area contributed by atoms with Gasteiger partial charge in [0.25, 0.3) is 0 Å². The lowest BCUT2D eigenvalue weighted by Gasteiger charge is -2.05. The summed E-state index contributed by atoms with van der Waals surface area (Å²) in [4.78, 5) is 0. The van der Waals surface area contributed by atoms with E-state index in [1.165, 1.54) is 0 Å². The Kier molecular flexibility index (Phi) is 3.12. The molecule has 1 heterocycles. The maximum Gasteiger partial charge on any atom is 0.103 e. The molecule has 0 radical (unpaired) electrons. The third-order valence-electron chi connectivity index (χ3n) is 1.63. The summed E-state index contributed by atoms with van der Waals surface area (Å²) in [6, 6.07) is -0.0874. The fourth-order valence-electron chi connectivity index (χ4n) is 0.925. The Bertz CT molecular complexity index is 311. The maximum absolute atomic E-state index is 5.82. The lowest BCUT2D eigenvalue weighted by Crippen LogP contribution is -2.10. The molecule has 64 valence electrons. The van der Waals surface area contributed by atoms with Crippen LogP contribution in [0.5, 0.6) is 0 Å². The molecule has 2 N–H and O–H groups in total. The number of rotatable bonds is 2. The van der Waals surface area contributed by atoms with Crippen molar-refractivity contribution in [2.75, 3.05) is 0 Å². The first kappa shape index (κ1) is 9.55. The number of nitrogens with zero attached hydrogens (tertiary/aromatic N) is 2. The van der Waals surface area contributed by atoms with Crippen LogP contribution in [-0.2, 0) is 7.05 Å². The van der Waals surface area contributed by atoms with Gasteiger partial charge in [0, 0.05) is 25.1 Å². The first-order chi connectivity index (χ1) is 5.66. The zero-order chi connectivity index (χ0) is 9.14. The lowest BCUT2D eigenvalue weighted by molar-refractivity contribution is 0.724. The van der Waals surface area contributed by atoms with E-state index in [-0.39, 0.29) is 6.04 Å². The van der Waals surface area contributed by atoms with Crippen molar-refractivity contribution < 1.29 is 0 Å². The summed E-state index contributed by atoms with van der Waals surface area (Å²) in [5.74, 6) is 2.54. The molecule has 1 unspecified atom stereocenters. The molecule has 1 atom stereocenters.